The maximum absolute atomic E-state index is 13.0. The van der Waals surface area contributed by atoms with Crippen molar-refractivity contribution in [1.82, 2.24) is 5.32 Å². The average Bonchev–Trinajstić information content (AvgIpc) is 3.32. The van der Waals surface area contributed by atoms with Crippen molar-refractivity contribution < 1.29 is 14.7 Å². The molecule has 0 spiro atoms. The number of hydrogen-bond acceptors (Lipinski definition) is 2. The average molecular weight is 356 g/mol. The minimum atomic E-state index is -0.950. The summed E-state index contributed by atoms with van der Waals surface area (Å²) in [6.07, 6.45) is 3.22. The van der Waals surface area contributed by atoms with E-state index in [0.717, 1.165) is 42.4 Å². The number of hydrogen-bond donors (Lipinski definition) is 2. The predicted molar refractivity (Wildman–Crippen MR) is 95.0 cm³/mol. The van der Waals surface area contributed by atoms with Crippen LogP contribution in [0.1, 0.15) is 52.4 Å². The standard InChI is InChI=1S/C20H18ClNO3/c21-16-4-2-1-3-15(16)20(9-10-20)19(25)22-17-8-7-12-5-6-13(18(23)24)11-14(12)17/h1-6,11,17H,7-10H2,(H,22,25)(H,23,24). The molecular formula is C20H18ClNO3. The molecule has 1 fully saturated rings. The summed E-state index contributed by atoms with van der Waals surface area (Å²) in [4.78, 5) is 24.2. The molecule has 128 valence electrons. The van der Waals surface area contributed by atoms with Gasteiger partial charge in [0, 0.05) is 5.02 Å². The highest BCUT2D eigenvalue weighted by atomic mass is 35.5. The predicted octanol–water partition coefficient (Wildman–Crippen LogP) is 3.87. The largest absolute Gasteiger partial charge is 0.478 e. The van der Waals surface area contributed by atoms with Gasteiger partial charge in [-0.05, 0) is 60.6 Å². The first-order chi connectivity index (χ1) is 12.0. The molecule has 1 atom stereocenters. The molecule has 25 heavy (non-hydrogen) atoms. The van der Waals surface area contributed by atoms with Gasteiger partial charge >= 0.3 is 5.97 Å². The molecule has 0 radical (unpaired) electrons. The highest BCUT2D eigenvalue weighted by molar-refractivity contribution is 6.31. The maximum atomic E-state index is 13.0. The van der Waals surface area contributed by atoms with Crippen LogP contribution in [-0.2, 0) is 16.6 Å². The summed E-state index contributed by atoms with van der Waals surface area (Å²) in [7, 11) is 0. The minimum Gasteiger partial charge on any atom is -0.478 e. The zero-order valence-corrected chi connectivity index (χ0v) is 14.3. The van der Waals surface area contributed by atoms with Crippen molar-refractivity contribution in [1.29, 1.82) is 0 Å². The monoisotopic (exact) mass is 355 g/mol. The molecule has 0 heterocycles. The second kappa shape index (κ2) is 5.88. The molecule has 4 nitrogen and oxygen atoms in total. The van der Waals surface area contributed by atoms with Gasteiger partial charge in [0.15, 0.2) is 0 Å². The summed E-state index contributed by atoms with van der Waals surface area (Å²) < 4.78 is 0. The zero-order valence-electron chi connectivity index (χ0n) is 13.6. The van der Waals surface area contributed by atoms with E-state index in [-0.39, 0.29) is 17.5 Å². The highest BCUT2D eigenvalue weighted by Gasteiger charge is 2.52. The quantitative estimate of drug-likeness (QED) is 0.874. The van der Waals surface area contributed by atoms with E-state index in [9.17, 15) is 14.7 Å². The smallest absolute Gasteiger partial charge is 0.335 e. The van der Waals surface area contributed by atoms with E-state index in [4.69, 9.17) is 11.6 Å². The topological polar surface area (TPSA) is 66.4 Å². The number of carbonyl (C=O) groups is 2. The van der Waals surface area contributed by atoms with Crippen molar-refractivity contribution in [2.24, 2.45) is 0 Å². The van der Waals surface area contributed by atoms with Crippen LogP contribution in [0.5, 0.6) is 0 Å². The fourth-order valence-corrected chi connectivity index (χ4v) is 4.09. The number of rotatable bonds is 4. The Hall–Kier alpha value is -2.33. The molecule has 0 bridgehead atoms. The van der Waals surface area contributed by atoms with Crippen LogP contribution in [-0.4, -0.2) is 17.0 Å². The zero-order chi connectivity index (χ0) is 17.6. The SMILES string of the molecule is O=C(O)c1ccc2c(c1)C(NC(=O)C1(c3ccccc3Cl)CC1)CC2. The van der Waals surface area contributed by atoms with Gasteiger partial charge in [-0.1, -0.05) is 35.9 Å². The molecule has 2 aromatic carbocycles. The summed E-state index contributed by atoms with van der Waals surface area (Å²) in [5.41, 5.74) is 2.63. The Balaban J connectivity index is 1.59. The van der Waals surface area contributed by atoms with Crippen molar-refractivity contribution in [2.75, 3.05) is 0 Å². The Morgan fingerprint density at radius 1 is 1.16 bits per heavy atom. The molecule has 2 aromatic rings. The highest BCUT2D eigenvalue weighted by Crippen LogP contribution is 2.51. The summed E-state index contributed by atoms with van der Waals surface area (Å²) in [5, 5.41) is 13.0. The summed E-state index contributed by atoms with van der Waals surface area (Å²) >= 11 is 6.30. The number of carboxylic acids is 1. The van der Waals surface area contributed by atoms with Gasteiger partial charge in [-0.15, -0.1) is 0 Å². The van der Waals surface area contributed by atoms with Gasteiger partial charge in [0.05, 0.1) is 17.0 Å². The van der Waals surface area contributed by atoms with Crippen LogP contribution in [0.15, 0.2) is 42.5 Å². The van der Waals surface area contributed by atoms with Crippen molar-refractivity contribution in [3.63, 3.8) is 0 Å². The Labute approximate surface area is 150 Å². The van der Waals surface area contributed by atoms with Gasteiger partial charge in [0.1, 0.15) is 0 Å². The maximum Gasteiger partial charge on any atom is 0.335 e. The number of carbonyl (C=O) groups excluding carboxylic acids is 1. The molecule has 0 aliphatic heterocycles. The van der Waals surface area contributed by atoms with Gasteiger partial charge in [0.2, 0.25) is 5.91 Å². The van der Waals surface area contributed by atoms with Crippen LogP contribution in [0, 0.1) is 0 Å². The molecule has 5 heteroatoms. The van der Waals surface area contributed by atoms with E-state index in [2.05, 4.69) is 5.32 Å². The third-order valence-electron chi connectivity index (χ3n) is 5.35. The lowest BCUT2D eigenvalue weighted by Gasteiger charge is -2.21. The summed E-state index contributed by atoms with van der Waals surface area (Å²) in [5.74, 6) is -0.964. The fraction of sp³-hybridized carbons (Fsp3) is 0.300. The van der Waals surface area contributed by atoms with E-state index in [1.165, 1.54) is 0 Å². The van der Waals surface area contributed by atoms with Gasteiger partial charge in [-0.3, -0.25) is 4.79 Å². The molecule has 1 amide bonds. The number of aromatic carboxylic acids is 1. The van der Waals surface area contributed by atoms with Gasteiger partial charge in [-0.25, -0.2) is 4.79 Å². The number of benzene rings is 2. The van der Waals surface area contributed by atoms with E-state index in [1.807, 2.05) is 30.3 Å². The minimum absolute atomic E-state index is 0.0146. The second-order valence-corrected chi connectivity index (χ2v) is 7.25. The lowest BCUT2D eigenvalue weighted by atomic mass is 9.94. The molecule has 0 aromatic heterocycles. The van der Waals surface area contributed by atoms with Crippen LogP contribution in [0.3, 0.4) is 0 Å². The first-order valence-electron chi connectivity index (χ1n) is 8.43. The first-order valence-corrected chi connectivity index (χ1v) is 8.81. The Bertz CT molecular complexity index is 873. The molecular weight excluding hydrogens is 338 g/mol. The van der Waals surface area contributed by atoms with Gasteiger partial charge in [-0.2, -0.15) is 0 Å². The molecule has 0 saturated heterocycles. The van der Waals surface area contributed by atoms with Gasteiger partial charge in [0.25, 0.3) is 0 Å². The van der Waals surface area contributed by atoms with E-state index < -0.39 is 11.4 Å². The van der Waals surface area contributed by atoms with E-state index in [1.54, 1.807) is 12.1 Å². The molecule has 1 unspecified atom stereocenters. The normalized spacial score (nSPS) is 20.0. The first kappa shape index (κ1) is 16.2. The van der Waals surface area contributed by atoms with Crippen LogP contribution in [0.2, 0.25) is 5.02 Å². The van der Waals surface area contributed by atoms with Crippen molar-refractivity contribution in [3.8, 4) is 0 Å². The lowest BCUT2D eigenvalue weighted by molar-refractivity contribution is -0.124. The fourth-order valence-electron chi connectivity index (χ4n) is 3.77. The summed E-state index contributed by atoms with van der Waals surface area (Å²) in [6.45, 7) is 0. The number of aryl methyl sites for hydroxylation is 1. The van der Waals surface area contributed by atoms with Crippen LogP contribution < -0.4 is 5.32 Å². The number of carboxylic acid groups (broad SMARTS) is 1. The molecule has 4 rings (SSSR count). The van der Waals surface area contributed by atoms with E-state index in [0.29, 0.717) is 5.02 Å². The third-order valence-corrected chi connectivity index (χ3v) is 5.68. The number of amides is 1. The third kappa shape index (κ3) is 2.71. The van der Waals surface area contributed by atoms with Crippen LogP contribution in [0.25, 0.3) is 0 Å². The Morgan fingerprint density at radius 3 is 2.60 bits per heavy atom. The number of halogens is 1. The molecule has 2 aliphatic carbocycles. The Kier molecular flexibility index (Phi) is 3.80. The van der Waals surface area contributed by atoms with Crippen LogP contribution in [0.4, 0.5) is 0 Å². The molecule has 1 saturated carbocycles. The molecule has 2 N–H and O–H groups in total. The molecule has 2 aliphatic rings. The van der Waals surface area contributed by atoms with Crippen molar-refractivity contribution in [3.05, 3.63) is 69.7 Å². The van der Waals surface area contributed by atoms with E-state index >= 15 is 0 Å². The second-order valence-electron chi connectivity index (χ2n) is 6.85. The van der Waals surface area contributed by atoms with Crippen molar-refractivity contribution in [2.45, 2.75) is 37.1 Å². The van der Waals surface area contributed by atoms with Crippen molar-refractivity contribution >= 4 is 23.5 Å². The Morgan fingerprint density at radius 2 is 1.92 bits per heavy atom. The van der Waals surface area contributed by atoms with Crippen LogP contribution >= 0.6 is 11.6 Å². The lowest BCUT2D eigenvalue weighted by Crippen LogP contribution is -2.36. The number of nitrogens with one attached hydrogen (secondary N) is 1. The summed E-state index contributed by atoms with van der Waals surface area (Å²) in [6, 6.07) is 12.5. The van der Waals surface area contributed by atoms with Gasteiger partial charge < -0.3 is 10.4 Å². The number of fused-ring (bicyclic) bond motifs is 1.